The second kappa shape index (κ2) is 7.27. The first-order chi connectivity index (χ1) is 10.3. The average molecular weight is 305 g/mol. The maximum atomic E-state index is 12.6. The molecule has 2 saturated heterocycles. The van der Waals surface area contributed by atoms with Gasteiger partial charge in [0.2, 0.25) is 5.91 Å². The molecule has 2 aliphatic rings. The minimum atomic E-state index is 0.193. The summed E-state index contributed by atoms with van der Waals surface area (Å²) in [5, 5.41) is 0. The quantitative estimate of drug-likeness (QED) is 0.854. The molecule has 0 bridgehead atoms. The van der Waals surface area contributed by atoms with E-state index in [0.29, 0.717) is 5.91 Å². The second-order valence-corrected chi connectivity index (χ2v) is 7.10. The van der Waals surface area contributed by atoms with Crippen molar-refractivity contribution in [1.82, 2.24) is 14.8 Å². The van der Waals surface area contributed by atoms with Crippen LogP contribution < -0.4 is 0 Å². The molecule has 2 fully saturated rings. The maximum Gasteiger partial charge on any atom is 0.227 e. The van der Waals surface area contributed by atoms with Gasteiger partial charge in [-0.3, -0.25) is 14.7 Å². The van der Waals surface area contributed by atoms with Crippen LogP contribution in [0.1, 0.15) is 18.4 Å². The van der Waals surface area contributed by atoms with E-state index in [4.69, 9.17) is 0 Å². The molecule has 5 heteroatoms. The summed E-state index contributed by atoms with van der Waals surface area (Å²) in [6.07, 6.45) is 5.90. The third-order valence-corrected chi connectivity index (χ3v) is 5.25. The third-order valence-electron chi connectivity index (χ3n) is 4.31. The Hall–Kier alpha value is -1.07. The van der Waals surface area contributed by atoms with Crippen LogP contribution in [-0.2, 0) is 11.3 Å². The molecule has 21 heavy (non-hydrogen) atoms. The monoisotopic (exact) mass is 305 g/mol. The summed E-state index contributed by atoms with van der Waals surface area (Å²) in [6, 6.07) is 4.09. The Balaban J connectivity index is 1.56. The largest absolute Gasteiger partial charge is 0.341 e. The minimum absolute atomic E-state index is 0.193. The number of pyridine rings is 1. The van der Waals surface area contributed by atoms with Crippen molar-refractivity contribution in [2.45, 2.75) is 19.4 Å². The molecule has 0 aromatic carbocycles. The van der Waals surface area contributed by atoms with Crippen molar-refractivity contribution in [1.29, 1.82) is 0 Å². The van der Waals surface area contributed by atoms with E-state index < -0.39 is 0 Å². The minimum Gasteiger partial charge on any atom is -0.341 e. The zero-order valence-corrected chi connectivity index (χ0v) is 13.2. The van der Waals surface area contributed by atoms with Crippen molar-refractivity contribution in [3.8, 4) is 0 Å². The number of amides is 1. The van der Waals surface area contributed by atoms with E-state index in [9.17, 15) is 4.79 Å². The molecule has 4 nitrogen and oxygen atoms in total. The number of carbonyl (C=O) groups excluding carboxylic acids is 1. The van der Waals surface area contributed by atoms with Crippen molar-refractivity contribution in [3.05, 3.63) is 30.1 Å². The van der Waals surface area contributed by atoms with Gasteiger partial charge in [0, 0.05) is 50.1 Å². The molecule has 1 unspecified atom stereocenters. The van der Waals surface area contributed by atoms with Gasteiger partial charge in [0.1, 0.15) is 0 Å². The topological polar surface area (TPSA) is 36.4 Å². The summed E-state index contributed by atoms with van der Waals surface area (Å²) in [6.45, 7) is 4.77. The average Bonchev–Trinajstić information content (AvgIpc) is 2.56. The summed E-state index contributed by atoms with van der Waals surface area (Å²) >= 11 is 1.95. The summed E-state index contributed by atoms with van der Waals surface area (Å²) in [5.41, 5.74) is 1.24. The van der Waals surface area contributed by atoms with Gasteiger partial charge in [0.15, 0.2) is 0 Å². The molecule has 3 heterocycles. The molecule has 0 aliphatic carbocycles. The van der Waals surface area contributed by atoms with Gasteiger partial charge in [-0.25, -0.2) is 0 Å². The Morgan fingerprint density at radius 2 is 2.19 bits per heavy atom. The van der Waals surface area contributed by atoms with E-state index >= 15 is 0 Å². The fraction of sp³-hybridized carbons (Fsp3) is 0.625. The normalized spacial score (nSPS) is 24.0. The lowest BCUT2D eigenvalue weighted by Gasteiger charge is -2.36. The highest BCUT2D eigenvalue weighted by atomic mass is 32.2. The van der Waals surface area contributed by atoms with Crippen LogP contribution >= 0.6 is 11.8 Å². The first-order valence-electron chi connectivity index (χ1n) is 7.81. The van der Waals surface area contributed by atoms with Gasteiger partial charge in [-0.2, -0.15) is 11.8 Å². The SMILES string of the molecule is O=C(C1CCCN(Cc2cccnc2)C1)N1CCSCC1. The van der Waals surface area contributed by atoms with E-state index in [2.05, 4.69) is 20.9 Å². The number of likely N-dealkylation sites (tertiary alicyclic amines) is 1. The first-order valence-corrected chi connectivity index (χ1v) is 8.96. The Morgan fingerprint density at radius 1 is 1.33 bits per heavy atom. The lowest BCUT2D eigenvalue weighted by Crippen LogP contribution is -2.47. The summed E-state index contributed by atoms with van der Waals surface area (Å²) < 4.78 is 0. The Labute approximate surface area is 130 Å². The molecular weight excluding hydrogens is 282 g/mol. The van der Waals surface area contributed by atoms with Crippen molar-refractivity contribution < 1.29 is 4.79 Å². The standard InChI is InChI=1S/C16H23N3OS/c20-16(19-7-9-21-10-8-19)15-4-2-6-18(13-15)12-14-3-1-5-17-11-14/h1,3,5,11,15H,2,4,6-10,12-13H2. The van der Waals surface area contributed by atoms with Crippen molar-refractivity contribution in [3.63, 3.8) is 0 Å². The van der Waals surface area contributed by atoms with Crippen LogP contribution in [0.4, 0.5) is 0 Å². The molecule has 2 aliphatic heterocycles. The molecule has 1 aromatic rings. The molecule has 1 atom stereocenters. The zero-order chi connectivity index (χ0) is 14.5. The number of hydrogen-bond acceptors (Lipinski definition) is 4. The van der Waals surface area contributed by atoms with Crippen LogP contribution in [0.3, 0.4) is 0 Å². The number of carbonyl (C=O) groups is 1. The van der Waals surface area contributed by atoms with Gasteiger partial charge < -0.3 is 4.90 Å². The van der Waals surface area contributed by atoms with E-state index in [1.807, 2.05) is 24.0 Å². The molecule has 1 amide bonds. The maximum absolute atomic E-state index is 12.6. The third kappa shape index (κ3) is 3.98. The number of nitrogens with zero attached hydrogens (tertiary/aromatic N) is 3. The predicted octanol–water partition coefficient (Wildman–Crippen LogP) is 1.87. The van der Waals surface area contributed by atoms with Gasteiger partial charge in [-0.15, -0.1) is 0 Å². The Kier molecular flexibility index (Phi) is 5.14. The summed E-state index contributed by atoms with van der Waals surface area (Å²) in [4.78, 5) is 21.3. The van der Waals surface area contributed by atoms with Crippen LogP contribution in [0.15, 0.2) is 24.5 Å². The van der Waals surface area contributed by atoms with E-state index in [-0.39, 0.29) is 5.92 Å². The van der Waals surface area contributed by atoms with Crippen LogP contribution in [0.5, 0.6) is 0 Å². The molecule has 114 valence electrons. The molecule has 0 saturated carbocycles. The van der Waals surface area contributed by atoms with Gasteiger partial charge in [-0.1, -0.05) is 6.07 Å². The number of rotatable bonds is 3. The van der Waals surface area contributed by atoms with Crippen molar-refractivity contribution in [2.75, 3.05) is 37.7 Å². The van der Waals surface area contributed by atoms with Crippen LogP contribution in [0, 0.1) is 5.92 Å². The van der Waals surface area contributed by atoms with Crippen molar-refractivity contribution >= 4 is 17.7 Å². The highest BCUT2D eigenvalue weighted by Crippen LogP contribution is 2.22. The highest BCUT2D eigenvalue weighted by molar-refractivity contribution is 7.99. The molecular formula is C16H23N3OS. The number of hydrogen-bond donors (Lipinski definition) is 0. The number of piperidine rings is 1. The lowest BCUT2D eigenvalue weighted by molar-refractivity contribution is -0.137. The highest BCUT2D eigenvalue weighted by Gasteiger charge is 2.29. The van der Waals surface area contributed by atoms with Crippen LogP contribution in [0.2, 0.25) is 0 Å². The first kappa shape index (κ1) is 14.9. The lowest BCUT2D eigenvalue weighted by atomic mass is 9.96. The Morgan fingerprint density at radius 3 is 2.95 bits per heavy atom. The van der Waals surface area contributed by atoms with Gasteiger partial charge in [0.05, 0.1) is 5.92 Å². The van der Waals surface area contributed by atoms with Crippen LogP contribution in [-0.4, -0.2) is 58.4 Å². The fourth-order valence-electron chi connectivity index (χ4n) is 3.19. The second-order valence-electron chi connectivity index (χ2n) is 5.87. The molecule has 0 N–H and O–H groups in total. The zero-order valence-electron chi connectivity index (χ0n) is 12.4. The number of thioether (sulfide) groups is 1. The molecule has 3 rings (SSSR count). The van der Waals surface area contributed by atoms with Crippen molar-refractivity contribution in [2.24, 2.45) is 5.92 Å². The smallest absolute Gasteiger partial charge is 0.227 e. The van der Waals surface area contributed by atoms with Gasteiger partial charge in [0.25, 0.3) is 0 Å². The molecule has 0 radical (unpaired) electrons. The van der Waals surface area contributed by atoms with Gasteiger partial charge in [-0.05, 0) is 31.0 Å². The fourth-order valence-corrected chi connectivity index (χ4v) is 4.10. The van der Waals surface area contributed by atoms with E-state index in [0.717, 1.165) is 57.1 Å². The van der Waals surface area contributed by atoms with E-state index in [1.165, 1.54) is 5.56 Å². The summed E-state index contributed by atoms with van der Waals surface area (Å²) in [7, 11) is 0. The summed E-state index contributed by atoms with van der Waals surface area (Å²) in [5.74, 6) is 2.76. The van der Waals surface area contributed by atoms with Gasteiger partial charge >= 0.3 is 0 Å². The molecule has 0 spiro atoms. The predicted molar refractivity (Wildman–Crippen MR) is 86.1 cm³/mol. The van der Waals surface area contributed by atoms with Crippen LogP contribution in [0.25, 0.3) is 0 Å². The van der Waals surface area contributed by atoms with E-state index in [1.54, 1.807) is 6.20 Å². The number of aromatic nitrogens is 1. The Bertz CT molecular complexity index is 462. The molecule has 1 aromatic heterocycles.